The largest absolute Gasteiger partial charge is 0.347 e. The van der Waals surface area contributed by atoms with Crippen molar-refractivity contribution in [1.29, 1.82) is 0 Å². The van der Waals surface area contributed by atoms with E-state index in [9.17, 15) is 9.59 Å². The molecule has 0 aromatic heterocycles. The molecule has 1 aromatic carbocycles. The number of benzene rings is 1. The molecule has 2 aliphatic rings. The molecule has 1 aliphatic carbocycles. The van der Waals surface area contributed by atoms with Gasteiger partial charge in [-0.05, 0) is 37.3 Å². The number of carbonyl (C=O) groups excluding carboxylic acids is 2. The van der Waals surface area contributed by atoms with Crippen molar-refractivity contribution < 1.29 is 9.59 Å². The van der Waals surface area contributed by atoms with E-state index in [-0.39, 0.29) is 24.3 Å². The lowest BCUT2D eigenvalue weighted by Crippen LogP contribution is -2.43. The van der Waals surface area contributed by atoms with Crippen LogP contribution in [0, 0.1) is 5.92 Å². The van der Waals surface area contributed by atoms with E-state index in [0.717, 1.165) is 37.9 Å². The van der Waals surface area contributed by atoms with Gasteiger partial charge in [-0.1, -0.05) is 18.2 Å². The van der Waals surface area contributed by atoms with Gasteiger partial charge in [-0.25, -0.2) is 0 Å². The van der Waals surface area contributed by atoms with Gasteiger partial charge in [0.25, 0.3) is 0 Å². The van der Waals surface area contributed by atoms with Crippen molar-refractivity contribution in [3.8, 4) is 0 Å². The monoisotopic (exact) mass is 258 g/mol. The minimum atomic E-state index is -0.0128. The quantitative estimate of drug-likeness (QED) is 0.893. The van der Waals surface area contributed by atoms with Crippen LogP contribution in [0.3, 0.4) is 0 Å². The molecule has 0 atom stereocenters. The molecule has 3 rings (SSSR count). The van der Waals surface area contributed by atoms with E-state index >= 15 is 0 Å². The van der Waals surface area contributed by atoms with Crippen LogP contribution in [0.1, 0.15) is 24.8 Å². The molecule has 1 aromatic rings. The smallest absolute Gasteiger partial charge is 0.246 e. The zero-order chi connectivity index (χ0) is 13.2. The fourth-order valence-corrected chi connectivity index (χ4v) is 2.54. The third-order valence-electron chi connectivity index (χ3n) is 3.77. The van der Waals surface area contributed by atoms with Crippen molar-refractivity contribution in [2.45, 2.75) is 25.7 Å². The minimum Gasteiger partial charge on any atom is -0.347 e. The van der Waals surface area contributed by atoms with Crippen LogP contribution in [0.2, 0.25) is 0 Å². The molecule has 0 spiro atoms. The second-order valence-electron chi connectivity index (χ2n) is 5.27. The number of anilines is 1. The lowest BCUT2D eigenvalue weighted by molar-refractivity contribution is -0.125. The van der Waals surface area contributed by atoms with Crippen LogP contribution < -0.4 is 10.2 Å². The Balaban J connectivity index is 1.65. The Morgan fingerprint density at radius 3 is 2.84 bits per heavy atom. The van der Waals surface area contributed by atoms with Crippen molar-refractivity contribution in [2.75, 3.05) is 18.0 Å². The minimum absolute atomic E-state index is 0.0128. The van der Waals surface area contributed by atoms with E-state index in [1.807, 2.05) is 18.2 Å². The first-order chi connectivity index (χ1) is 9.25. The first-order valence-electron chi connectivity index (χ1n) is 6.91. The molecule has 4 nitrogen and oxygen atoms in total. The maximum Gasteiger partial charge on any atom is 0.246 e. The Morgan fingerprint density at radius 1 is 1.26 bits per heavy atom. The van der Waals surface area contributed by atoms with Gasteiger partial charge in [0, 0.05) is 18.2 Å². The Morgan fingerprint density at radius 2 is 2.05 bits per heavy atom. The van der Waals surface area contributed by atoms with Gasteiger partial charge in [-0.15, -0.1) is 0 Å². The molecule has 0 bridgehead atoms. The number of para-hydroxylation sites is 1. The summed E-state index contributed by atoms with van der Waals surface area (Å²) in [6.07, 6.45) is 3.94. The van der Waals surface area contributed by atoms with Crippen LogP contribution in [0.15, 0.2) is 24.3 Å². The molecule has 19 heavy (non-hydrogen) atoms. The van der Waals surface area contributed by atoms with Gasteiger partial charge in [0.15, 0.2) is 0 Å². The predicted octanol–water partition coefficient (Wildman–Crippen LogP) is 1.49. The normalized spacial score (nSPS) is 17.8. The van der Waals surface area contributed by atoms with E-state index < -0.39 is 0 Å². The number of amides is 2. The molecular formula is C15H18N2O2. The maximum absolute atomic E-state index is 12.2. The summed E-state index contributed by atoms with van der Waals surface area (Å²) in [4.78, 5) is 25.6. The summed E-state index contributed by atoms with van der Waals surface area (Å²) in [6, 6.07) is 8.00. The zero-order valence-corrected chi connectivity index (χ0v) is 10.9. The summed E-state index contributed by atoms with van der Waals surface area (Å²) in [6.45, 7) is 0.860. The Bertz CT molecular complexity index is 509. The molecule has 1 fully saturated rings. The number of hydrogen-bond donors (Lipinski definition) is 1. The molecule has 1 saturated carbocycles. The average Bonchev–Trinajstić information content (AvgIpc) is 3.28. The number of aryl methyl sites for hydroxylation is 1. The van der Waals surface area contributed by atoms with Crippen LogP contribution >= 0.6 is 0 Å². The van der Waals surface area contributed by atoms with Gasteiger partial charge in [-0.2, -0.15) is 0 Å². The number of carbonyl (C=O) groups is 2. The van der Waals surface area contributed by atoms with Crippen molar-refractivity contribution >= 4 is 17.5 Å². The molecule has 2 amide bonds. The van der Waals surface area contributed by atoms with Crippen LogP contribution in [0.25, 0.3) is 0 Å². The van der Waals surface area contributed by atoms with Gasteiger partial charge in [0.05, 0.1) is 6.54 Å². The third-order valence-corrected chi connectivity index (χ3v) is 3.77. The first kappa shape index (κ1) is 12.2. The van der Waals surface area contributed by atoms with Gasteiger partial charge in [0.2, 0.25) is 11.8 Å². The predicted molar refractivity (Wildman–Crippen MR) is 72.8 cm³/mol. The summed E-state index contributed by atoms with van der Waals surface area (Å²) >= 11 is 0. The summed E-state index contributed by atoms with van der Waals surface area (Å²) in [5.74, 6) is 0.168. The van der Waals surface area contributed by atoms with Crippen LogP contribution in [0.5, 0.6) is 0 Å². The van der Waals surface area contributed by atoms with Crippen LogP contribution in [0.4, 0.5) is 5.69 Å². The number of nitrogens with one attached hydrogen (secondary N) is 1. The Hall–Kier alpha value is -1.84. The third kappa shape index (κ3) is 2.62. The highest BCUT2D eigenvalue weighted by atomic mass is 16.2. The number of rotatable bonds is 3. The highest BCUT2D eigenvalue weighted by Crippen LogP contribution is 2.29. The van der Waals surface area contributed by atoms with E-state index in [0.29, 0.717) is 0 Å². The van der Waals surface area contributed by atoms with Gasteiger partial charge < -0.3 is 10.2 Å². The number of hydrogen-bond acceptors (Lipinski definition) is 2. The standard InChI is InChI=1S/C15H18N2O2/c18-14(10-16-15(19)12-7-8-12)17-9-3-5-11-4-1-2-6-13(11)17/h1-2,4,6,12H,3,5,7-10H2,(H,16,19). The molecule has 0 radical (unpaired) electrons. The molecule has 100 valence electrons. The SMILES string of the molecule is O=C(NCC(=O)N1CCCc2ccccc21)C1CC1. The maximum atomic E-state index is 12.2. The van der Waals surface area contributed by atoms with Crippen LogP contribution in [-0.4, -0.2) is 24.9 Å². The molecule has 0 unspecified atom stereocenters. The topological polar surface area (TPSA) is 49.4 Å². The zero-order valence-electron chi connectivity index (χ0n) is 10.9. The molecule has 4 heteroatoms. The molecule has 1 N–H and O–H groups in total. The van der Waals surface area contributed by atoms with E-state index in [2.05, 4.69) is 11.4 Å². The number of nitrogens with zero attached hydrogens (tertiary/aromatic N) is 1. The summed E-state index contributed by atoms with van der Waals surface area (Å²) in [5, 5.41) is 2.74. The lowest BCUT2D eigenvalue weighted by atomic mass is 10.0. The van der Waals surface area contributed by atoms with Crippen molar-refractivity contribution in [1.82, 2.24) is 5.32 Å². The average molecular weight is 258 g/mol. The Labute approximate surface area is 112 Å². The van der Waals surface area contributed by atoms with Gasteiger partial charge in [0.1, 0.15) is 0 Å². The van der Waals surface area contributed by atoms with Crippen molar-refractivity contribution in [3.63, 3.8) is 0 Å². The van der Waals surface area contributed by atoms with E-state index in [1.165, 1.54) is 5.56 Å². The van der Waals surface area contributed by atoms with Crippen LogP contribution in [-0.2, 0) is 16.0 Å². The fraction of sp³-hybridized carbons (Fsp3) is 0.467. The van der Waals surface area contributed by atoms with E-state index in [4.69, 9.17) is 0 Å². The summed E-state index contributed by atoms with van der Waals surface area (Å²) < 4.78 is 0. The van der Waals surface area contributed by atoms with E-state index in [1.54, 1.807) is 4.90 Å². The highest BCUT2D eigenvalue weighted by molar-refractivity contribution is 5.98. The second-order valence-corrected chi connectivity index (χ2v) is 5.27. The molecule has 1 aliphatic heterocycles. The first-order valence-corrected chi connectivity index (χ1v) is 6.91. The lowest BCUT2D eigenvalue weighted by Gasteiger charge is -2.29. The molecular weight excluding hydrogens is 240 g/mol. The highest BCUT2D eigenvalue weighted by Gasteiger charge is 2.30. The van der Waals surface area contributed by atoms with Gasteiger partial charge >= 0.3 is 0 Å². The summed E-state index contributed by atoms with van der Waals surface area (Å²) in [5.41, 5.74) is 2.22. The number of fused-ring (bicyclic) bond motifs is 1. The fourth-order valence-electron chi connectivity index (χ4n) is 2.54. The van der Waals surface area contributed by atoms with Gasteiger partial charge in [-0.3, -0.25) is 9.59 Å². The van der Waals surface area contributed by atoms with Crippen molar-refractivity contribution in [3.05, 3.63) is 29.8 Å². The Kier molecular flexibility index (Phi) is 3.23. The molecule has 0 saturated heterocycles. The van der Waals surface area contributed by atoms with Crippen molar-refractivity contribution in [2.24, 2.45) is 5.92 Å². The summed E-state index contributed by atoms with van der Waals surface area (Å²) in [7, 11) is 0. The second kappa shape index (κ2) is 5.03. The molecule has 1 heterocycles.